The maximum absolute atomic E-state index is 12.8. The summed E-state index contributed by atoms with van der Waals surface area (Å²) in [6, 6.07) is 7.99. The van der Waals surface area contributed by atoms with Gasteiger partial charge in [0.05, 0.1) is 11.9 Å². The van der Waals surface area contributed by atoms with Gasteiger partial charge in [0.25, 0.3) is 5.91 Å². The van der Waals surface area contributed by atoms with E-state index in [1.165, 1.54) is 5.56 Å². The first-order valence-corrected chi connectivity index (χ1v) is 8.12. The number of aromatic nitrogens is 3. The highest BCUT2D eigenvalue weighted by molar-refractivity contribution is 5.92. The van der Waals surface area contributed by atoms with Gasteiger partial charge in [0.15, 0.2) is 5.69 Å². The molecule has 2 N–H and O–H groups in total. The van der Waals surface area contributed by atoms with E-state index in [1.54, 1.807) is 10.9 Å². The van der Waals surface area contributed by atoms with Crippen LogP contribution in [0.15, 0.2) is 30.5 Å². The first-order chi connectivity index (χ1) is 11.1. The zero-order valence-electron chi connectivity index (χ0n) is 13.6. The number of rotatable bonds is 3. The highest BCUT2D eigenvalue weighted by atomic mass is 16.2. The fourth-order valence-electron chi connectivity index (χ4n) is 3.09. The number of hydrogen-bond donors (Lipinski definition) is 1. The Hall–Kier alpha value is -2.21. The van der Waals surface area contributed by atoms with Crippen LogP contribution in [0.4, 0.5) is 0 Å². The van der Waals surface area contributed by atoms with Gasteiger partial charge in [0.2, 0.25) is 0 Å². The van der Waals surface area contributed by atoms with Crippen LogP contribution >= 0.6 is 0 Å². The van der Waals surface area contributed by atoms with Crippen molar-refractivity contribution in [3.8, 4) is 5.69 Å². The zero-order valence-corrected chi connectivity index (χ0v) is 13.6. The quantitative estimate of drug-likeness (QED) is 0.939. The molecule has 0 bridgehead atoms. The van der Waals surface area contributed by atoms with E-state index in [2.05, 4.69) is 10.3 Å². The number of likely N-dealkylation sites (tertiary alicyclic amines) is 1. The molecule has 0 unspecified atom stereocenters. The van der Waals surface area contributed by atoms with Crippen molar-refractivity contribution < 1.29 is 4.79 Å². The predicted octanol–water partition coefficient (Wildman–Crippen LogP) is 1.92. The third kappa shape index (κ3) is 3.27. The van der Waals surface area contributed by atoms with Crippen LogP contribution in [0.1, 0.15) is 42.2 Å². The topological polar surface area (TPSA) is 77.0 Å². The highest BCUT2D eigenvalue weighted by Gasteiger charge is 2.31. The summed E-state index contributed by atoms with van der Waals surface area (Å²) >= 11 is 0. The summed E-state index contributed by atoms with van der Waals surface area (Å²) in [6.07, 6.45) is 4.78. The van der Waals surface area contributed by atoms with Gasteiger partial charge in [-0.1, -0.05) is 22.9 Å². The van der Waals surface area contributed by atoms with Gasteiger partial charge >= 0.3 is 0 Å². The average Bonchev–Trinajstić information content (AvgIpc) is 3.04. The number of amides is 1. The van der Waals surface area contributed by atoms with Crippen LogP contribution in [-0.2, 0) is 0 Å². The lowest BCUT2D eigenvalue weighted by atomic mass is 9.96. The smallest absolute Gasteiger partial charge is 0.276 e. The second-order valence-electron chi connectivity index (χ2n) is 6.30. The zero-order chi connectivity index (χ0) is 16.4. The lowest BCUT2D eigenvalue weighted by molar-refractivity contribution is 0.0577. The molecule has 0 aliphatic carbocycles. The maximum atomic E-state index is 12.8. The summed E-state index contributed by atoms with van der Waals surface area (Å²) in [4.78, 5) is 14.6. The molecule has 1 aromatic carbocycles. The molecule has 1 aliphatic rings. The van der Waals surface area contributed by atoms with Crippen LogP contribution in [0.3, 0.4) is 0 Å². The minimum absolute atomic E-state index is 0.0357. The molecule has 0 saturated carbocycles. The van der Waals surface area contributed by atoms with Gasteiger partial charge in [-0.25, -0.2) is 4.68 Å². The fourth-order valence-corrected chi connectivity index (χ4v) is 3.09. The minimum Gasteiger partial charge on any atom is -0.333 e. The predicted molar refractivity (Wildman–Crippen MR) is 88.4 cm³/mol. The molecular weight excluding hydrogens is 290 g/mol. The number of benzene rings is 1. The maximum Gasteiger partial charge on any atom is 0.276 e. The van der Waals surface area contributed by atoms with Crippen LogP contribution in [-0.4, -0.2) is 44.4 Å². The normalized spacial score (nSPS) is 19.6. The van der Waals surface area contributed by atoms with Crippen molar-refractivity contribution in [3.05, 3.63) is 41.7 Å². The first-order valence-electron chi connectivity index (χ1n) is 8.12. The standard InChI is InChI=1S/C17H23N5O/c1-12-6-8-14(9-7-12)22-11-15(19-20-22)17(23)21-10-4-3-5-16(21)13(2)18/h6-9,11,13,16H,3-5,10,18H2,1-2H3/t13-,16+/m0/s1. The summed E-state index contributed by atoms with van der Waals surface area (Å²) in [5, 5.41) is 8.15. The molecule has 2 aromatic rings. The Morgan fingerprint density at radius 1 is 1.30 bits per heavy atom. The number of nitrogens with zero attached hydrogens (tertiary/aromatic N) is 4. The Bertz CT molecular complexity index is 677. The number of piperidine rings is 1. The van der Waals surface area contributed by atoms with Crippen LogP contribution in [0, 0.1) is 6.92 Å². The lowest BCUT2D eigenvalue weighted by Gasteiger charge is -2.37. The molecule has 1 amide bonds. The minimum atomic E-state index is -0.0784. The van der Waals surface area contributed by atoms with E-state index in [-0.39, 0.29) is 18.0 Å². The Balaban J connectivity index is 1.81. The van der Waals surface area contributed by atoms with E-state index < -0.39 is 0 Å². The third-order valence-corrected chi connectivity index (χ3v) is 4.43. The Morgan fingerprint density at radius 2 is 2.04 bits per heavy atom. The van der Waals surface area contributed by atoms with Gasteiger partial charge in [-0.05, 0) is 45.2 Å². The lowest BCUT2D eigenvalue weighted by Crippen LogP contribution is -2.51. The van der Waals surface area contributed by atoms with Gasteiger partial charge < -0.3 is 10.6 Å². The van der Waals surface area contributed by atoms with Gasteiger partial charge in [-0.2, -0.15) is 0 Å². The van der Waals surface area contributed by atoms with Crippen LogP contribution in [0.25, 0.3) is 5.69 Å². The highest BCUT2D eigenvalue weighted by Crippen LogP contribution is 2.21. The molecule has 1 fully saturated rings. The molecule has 0 spiro atoms. The number of hydrogen-bond acceptors (Lipinski definition) is 4. The SMILES string of the molecule is Cc1ccc(-n2cc(C(=O)N3CCCC[C@@H]3[C@H](C)N)nn2)cc1. The molecule has 1 aromatic heterocycles. The molecule has 6 heteroatoms. The van der Waals surface area contributed by atoms with Crippen molar-refractivity contribution >= 4 is 5.91 Å². The van der Waals surface area contributed by atoms with Crippen molar-refractivity contribution in [1.29, 1.82) is 0 Å². The van der Waals surface area contributed by atoms with E-state index in [0.29, 0.717) is 5.69 Å². The van der Waals surface area contributed by atoms with Gasteiger partial charge in [0, 0.05) is 18.6 Å². The molecule has 23 heavy (non-hydrogen) atoms. The summed E-state index contributed by atoms with van der Waals surface area (Å²) in [6.45, 7) is 4.73. The molecule has 122 valence electrons. The van der Waals surface area contributed by atoms with E-state index in [4.69, 9.17) is 5.73 Å². The molecule has 6 nitrogen and oxygen atoms in total. The van der Waals surface area contributed by atoms with Crippen molar-refractivity contribution in [2.45, 2.75) is 45.2 Å². The molecule has 2 heterocycles. The Kier molecular flexibility index (Phi) is 4.43. The van der Waals surface area contributed by atoms with Gasteiger partial charge in [0.1, 0.15) is 0 Å². The number of carbonyl (C=O) groups excluding carboxylic acids is 1. The molecule has 0 radical (unpaired) electrons. The van der Waals surface area contributed by atoms with Crippen LogP contribution < -0.4 is 5.73 Å². The van der Waals surface area contributed by atoms with Gasteiger partial charge in [-0.3, -0.25) is 4.79 Å². The Labute approximate surface area is 136 Å². The average molecular weight is 313 g/mol. The summed E-state index contributed by atoms with van der Waals surface area (Å²) in [7, 11) is 0. The van der Waals surface area contributed by atoms with Crippen molar-refractivity contribution in [3.63, 3.8) is 0 Å². The second kappa shape index (κ2) is 6.50. The van der Waals surface area contributed by atoms with Crippen molar-refractivity contribution in [1.82, 2.24) is 19.9 Å². The number of nitrogens with two attached hydrogens (primary N) is 1. The molecule has 3 rings (SSSR count). The summed E-state index contributed by atoms with van der Waals surface area (Å²) in [5.41, 5.74) is 8.49. The molecule has 2 atom stereocenters. The second-order valence-corrected chi connectivity index (χ2v) is 6.30. The first kappa shape index (κ1) is 15.7. The fraction of sp³-hybridized carbons (Fsp3) is 0.471. The molecular formula is C17H23N5O. The summed E-state index contributed by atoms with van der Waals surface area (Å²) < 4.78 is 1.64. The largest absolute Gasteiger partial charge is 0.333 e. The molecule has 1 saturated heterocycles. The van der Waals surface area contributed by atoms with Crippen LogP contribution in [0.5, 0.6) is 0 Å². The van der Waals surface area contributed by atoms with Crippen molar-refractivity contribution in [2.75, 3.05) is 6.54 Å². The number of carbonyl (C=O) groups is 1. The van der Waals surface area contributed by atoms with Gasteiger partial charge in [-0.15, -0.1) is 5.10 Å². The summed E-state index contributed by atoms with van der Waals surface area (Å²) in [5.74, 6) is -0.0784. The van der Waals surface area contributed by atoms with E-state index >= 15 is 0 Å². The monoisotopic (exact) mass is 313 g/mol. The van der Waals surface area contributed by atoms with E-state index in [1.807, 2.05) is 43.0 Å². The van der Waals surface area contributed by atoms with Crippen LogP contribution in [0.2, 0.25) is 0 Å². The number of aryl methyl sites for hydroxylation is 1. The third-order valence-electron chi connectivity index (χ3n) is 4.43. The van der Waals surface area contributed by atoms with Crippen molar-refractivity contribution in [2.24, 2.45) is 5.73 Å². The molecule has 1 aliphatic heterocycles. The van der Waals surface area contributed by atoms with E-state index in [0.717, 1.165) is 31.5 Å². The van der Waals surface area contributed by atoms with E-state index in [9.17, 15) is 4.79 Å². The Morgan fingerprint density at radius 3 is 2.74 bits per heavy atom.